The van der Waals surface area contributed by atoms with E-state index in [1.54, 1.807) is 12.1 Å². The number of benzene rings is 4. The normalized spacial score (nSPS) is 11.7. The summed E-state index contributed by atoms with van der Waals surface area (Å²) in [6.07, 6.45) is 18.4. The van der Waals surface area contributed by atoms with Gasteiger partial charge in [0.2, 0.25) is 0 Å². The molecule has 0 saturated heterocycles. The number of fused-ring (bicyclic) bond motifs is 8. The second-order valence-corrected chi connectivity index (χ2v) is 22.2. The van der Waals surface area contributed by atoms with Crippen LogP contribution in [0.15, 0.2) is 48.5 Å². The number of hydrogen-bond acceptors (Lipinski definition) is 9. The fourth-order valence-electron chi connectivity index (χ4n) is 10.4. The van der Waals surface area contributed by atoms with Gasteiger partial charge in [-0.3, -0.25) is 0 Å². The lowest BCUT2D eigenvalue weighted by molar-refractivity contribution is -0.139. The van der Waals surface area contributed by atoms with Crippen LogP contribution in [0.2, 0.25) is 0 Å². The summed E-state index contributed by atoms with van der Waals surface area (Å²) in [5.41, 5.74) is 7.14. The standard InChI is InChI=1S/C67H100N8O10/c1-8-15-19-23-27-68-64(78)72-55-38-47-34-49-40-56(73-65(79)69-28-24-20-16-9-2)42-51(61(49)83-32-13-6)36-53-44-58(75-67(81)71-30-26-22-18-11-4)45-54(63(53)85-46-59(76)77)37-52-43-57(74-66(80)70-29-25-21-17-10-3)41-50(62(52)84-33-14-7)35-48(39-55)60(47)82-31-12-5/h38-45H,8-37,46H2,1-7H3,(H,76,77)(H2,68,72,78)(H2,69,73,79)(H2,70,74,80)(H2,71,75,81). The highest BCUT2D eigenvalue weighted by Crippen LogP contribution is 2.43. The largest absolute Gasteiger partial charge is 0.493 e. The van der Waals surface area contributed by atoms with Crippen molar-refractivity contribution in [3.63, 3.8) is 0 Å². The molecular weight excluding hydrogens is 1080 g/mol. The van der Waals surface area contributed by atoms with Gasteiger partial charge < -0.3 is 66.6 Å². The number of carbonyl (C=O) groups is 5. The highest BCUT2D eigenvalue weighted by Gasteiger charge is 2.26. The van der Waals surface area contributed by atoms with Gasteiger partial charge in [0, 0.05) is 119 Å². The summed E-state index contributed by atoms with van der Waals surface area (Å²) in [5.74, 6) is 0.772. The van der Waals surface area contributed by atoms with Crippen molar-refractivity contribution in [1.29, 1.82) is 0 Å². The summed E-state index contributed by atoms with van der Waals surface area (Å²) in [6.45, 7) is 17.0. The highest BCUT2D eigenvalue weighted by molar-refractivity contribution is 5.92. The third kappa shape index (κ3) is 23.9. The molecule has 9 N–H and O–H groups in total. The van der Waals surface area contributed by atoms with Crippen molar-refractivity contribution in [2.45, 2.75) is 196 Å². The molecule has 0 fully saturated rings. The van der Waals surface area contributed by atoms with E-state index in [0.717, 1.165) is 114 Å². The maximum atomic E-state index is 13.8. The van der Waals surface area contributed by atoms with E-state index in [9.17, 15) is 29.1 Å². The Kier molecular flexibility index (Phi) is 31.0. The van der Waals surface area contributed by atoms with Crippen molar-refractivity contribution < 1.29 is 48.0 Å². The Balaban J connectivity index is 1.88. The lowest BCUT2D eigenvalue weighted by Crippen LogP contribution is -2.30. The van der Waals surface area contributed by atoms with E-state index in [1.165, 1.54) is 0 Å². The number of carbonyl (C=O) groups excluding carboxylic acids is 4. The van der Waals surface area contributed by atoms with Crippen molar-refractivity contribution in [3.05, 3.63) is 93.0 Å². The summed E-state index contributed by atoms with van der Waals surface area (Å²) >= 11 is 0. The average molecular weight is 1180 g/mol. The number of hydrogen-bond donors (Lipinski definition) is 9. The van der Waals surface area contributed by atoms with Crippen LogP contribution < -0.4 is 61.5 Å². The number of nitrogens with one attached hydrogen (secondary N) is 8. The molecule has 468 valence electrons. The number of rotatable bonds is 36. The molecule has 0 heterocycles. The first kappa shape index (κ1) is 68.4. The van der Waals surface area contributed by atoms with Crippen LogP contribution in [0.5, 0.6) is 23.0 Å². The molecule has 1 aliphatic carbocycles. The lowest BCUT2D eigenvalue weighted by atomic mass is 9.90. The molecule has 0 saturated carbocycles. The van der Waals surface area contributed by atoms with Crippen LogP contribution in [-0.4, -0.2) is 87.8 Å². The molecule has 0 spiro atoms. The van der Waals surface area contributed by atoms with Gasteiger partial charge in [0.05, 0.1) is 19.8 Å². The first-order valence-corrected chi connectivity index (χ1v) is 31.9. The van der Waals surface area contributed by atoms with Gasteiger partial charge >= 0.3 is 30.1 Å². The minimum Gasteiger partial charge on any atom is -0.493 e. The van der Waals surface area contributed by atoms with Crippen molar-refractivity contribution >= 4 is 52.8 Å². The number of carboxylic acid groups (broad SMARTS) is 1. The van der Waals surface area contributed by atoms with E-state index in [0.29, 0.717) is 139 Å². The Bertz CT molecular complexity index is 2610. The van der Waals surface area contributed by atoms with Crippen LogP contribution in [0, 0.1) is 0 Å². The maximum Gasteiger partial charge on any atom is 0.341 e. The summed E-state index contributed by atoms with van der Waals surface area (Å²) in [5, 5.41) is 34.9. The fourth-order valence-corrected chi connectivity index (χ4v) is 10.4. The van der Waals surface area contributed by atoms with Gasteiger partial charge in [-0.15, -0.1) is 0 Å². The zero-order valence-corrected chi connectivity index (χ0v) is 52.2. The van der Waals surface area contributed by atoms with Crippen molar-refractivity contribution in [2.75, 3.05) is 73.9 Å². The van der Waals surface area contributed by atoms with E-state index in [-0.39, 0.29) is 49.5 Å². The zero-order chi connectivity index (χ0) is 61.2. The van der Waals surface area contributed by atoms with Crippen LogP contribution in [0.25, 0.3) is 0 Å². The Morgan fingerprint density at radius 3 is 0.753 bits per heavy atom. The van der Waals surface area contributed by atoms with Gasteiger partial charge in [0.1, 0.15) is 23.0 Å². The summed E-state index contributed by atoms with van der Waals surface area (Å²) in [6, 6.07) is 13.5. The van der Waals surface area contributed by atoms with Crippen LogP contribution in [0.3, 0.4) is 0 Å². The molecule has 18 nitrogen and oxygen atoms in total. The summed E-state index contributed by atoms with van der Waals surface area (Å²) < 4.78 is 26.9. The van der Waals surface area contributed by atoms with Gasteiger partial charge in [0.25, 0.3) is 0 Å². The van der Waals surface area contributed by atoms with Crippen molar-refractivity contribution in [2.24, 2.45) is 0 Å². The molecule has 4 aromatic rings. The number of urea groups is 4. The average Bonchev–Trinajstić information content (AvgIpc) is 1.86. The number of ether oxygens (including phenoxy) is 4. The van der Waals surface area contributed by atoms with Crippen LogP contribution >= 0.6 is 0 Å². The predicted molar refractivity (Wildman–Crippen MR) is 342 cm³/mol. The first-order chi connectivity index (χ1) is 41.3. The third-order valence-electron chi connectivity index (χ3n) is 14.5. The highest BCUT2D eigenvalue weighted by atomic mass is 16.5. The van der Waals surface area contributed by atoms with Gasteiger partial charge in [-0.05, 0) is 93.5 Å². The zero-order valence-electron chi connectivity index (χ0n) is 52.2. The van der Waals surface area contributed by atoms with E-state index < -0.39 is 18.6 Å². The van der Waals surface area contributed by atoms with E-state index in [4.69, 9.17) is 18.9 Å². The van der Waals surface area contributed by atoms with E-state index in [1.807, 2.05) is 57.2 Å². The SMILES string of the molecule is CCCCCCNC(=O)Nc1cc2c(OCCC)c(c1)Cc1cc(NC(=O)NCCCCCC)cc(c1OCCC)Cc1cc(NC(=O)NCCCCCC)cc(c1OCC(=O)O)Cc1cc(NC(=O)NCCCCCC)cc(c1OCCC)C2. The molecule has 8 bridgehead atoms. The van der Waals surface area contributed by atoms with Gasteiger partial charge in [-0.25, -0.2) is 24.0 Å². The molecule has 0 atom stereocenters. The van der Waals surface area contributed by atoms with Crippen LogP contribution in [-0.2, 0) is 30.5 Å². The Morgan fingerprint density at radius 1 is 0.329 bits per heavy atom. The van der Waals surface area contributed by atoms with Crippen LogP contribution in [0.4, 0.5) is 41.9 Å². The Labute approximate surface area is 506 Å². The second kappa shape index (κ2) is 38.6. The van der Waals surface area contributed by atoms with Gasteiger partial charge in [-0.1, -0.05) is 126 Å². The third-order valence-corrected chi connectivity index (χ3v) is 14.5. The monoisotopic (exact) mass is 1180 g/mol. The van der Waals surface area contributed by atoms with E-state index in [2.05, 4.69) is 70.2 Å². The molecule has 0 unspecified atom stereocenters. The minimum absolute atomic E-state index is 0.0885. The fraction of sp³-hybridized carbons (Fsp3) is 0.567. The molecule has 0 aliphatic heterocycles. The predicted octanol–water partition coefficient (Wildman–Crippen LogP) is 15.0. The first-order valence-electron chi connectivity index (χ1n) is 31.9. The quantitative estimate of drug-likeness (QED) is 0.0172. The number of aliphatic carboxylic acids is 1. The number of anilines is 4. The Morgan fingerprint density at radius 2 is 0.553 bits per heavy atom. The number of carboxylic acids is 1. The Hall–Kier alpha value is -7.37. The van der Waals surface area contributed by atoms with E-state index >= 15 is 0 Å². The molecule has 4 aromatic carbocycles. The molecule has 0 radical (unpaired) electrons. The second-order valence-electron chi connectivity index (χ2n) is 22.2. The topological polar surface area (TPSA) is 239 Å². The molecule has 8 amide bonds. The molecular formula is C67H100N8O10. The molecule has 1 aliphatic rings. The van der Waals surface area contributed by atoms with Gasteiger partial charge in [0.15, 0.2) is 6.61 Å². The summed E-state index contributed by atoms with van der Waals surface area (Å²) in [4.78, 5) is 67.9. The van der Waals surface area contributed by atoms with Crippen LogP contribution in [0.1, 0.15) is 215 Å². The van der Waals surface area contributed by atoms with Crippen molar-refractivity contribution in [1.82, 2.24) is 21.3 Å². The lowest BCUT2D eigenvalue weighted by Gasteiger charge is -2.25. The molecule has 5 rings (SSSR count). The molecule has 18 heteroatoms. The van der Waals surface area contributed by atoms with Crippen molar-refractivity contribution in [3.8, 4) is 23.0 Å². The molecule has 0 aromatic heterocycles. The molecule has 85 heavy (non-hydrogen) atoms. The minimum atomic E-state index is -1.19. The maximum absolute atomic E-state index is 13.8. The summed E-state index contributed by atoms with van der Waals surface area (Å²) in [7, 11) is 0. The number of amides is 8. The smallest absolute Gasteiger partial charge is 0.341 e. The van der Waals surface area contributed by atoms with Gasteiger partial charge in [-0.2, -0.15) is 0 Å². The number of unbranched alkanes of at least 4 members (excludes halogenated alkanes) is 12.